The Morgan fingerprint density at radius 1 is 1.00 bits per heavy atom. The second-order valence-electron chi connectivity index (χ2n) is 4.15. The van der Waals surface area contributed by atoms with Crippen molar-refractivity contribution in [3.8, 4) is 11.5 Å². The minimum atomic E-state index is -0.197. The Morgan fingerprint density at radius 2 is 1.58 bits per heavy atom. The van der Waals surface area contributed by atoms with Crippen molar-refractivity contribution in [1.29, 1.82) is 0 Å². The molecule has 2 aromatic rings. The SMILES string of the molecule is COc1cc(OC)cc(C(N)c2ccccc2I)c1. The van der Waals surface area contributed by atoms with E-state index >= 15 is 0 Å². The number of rotatable bonds is 4. The molecule has 4 heteroatoms. The van der Waals surface area contributed by atoms with E-state index in [0.717, 1.165) is 26.2 Å². The first-order chi connectivity index (χ1) is 9.15. The van der Waals surface area contributed by atoms with E-state index < -0.39 is 0 Å². The maximum Gasteiger partial charge on any atom is 0.122 e. The third kappa shape index (κ3) is 3.19. The van der Waals surface area contributed by atoms with Gasteiger partial charge in [-0.3, -0.25) is 0 Å². The van der Waals surface area contributed by atoms with E-state index in [2.05, 4.69) is 22.6 Å². The molecule has 2 rings (SSSR count). The van der Waals surface area contributed by atoms with Crippen LogP contribution in [-0.4, -0.2) is 14.2 Å². The van der Waals surface area contributed by atoms with Crippen LogP contribution in [0.5, 0.6) is 11.5 Å². The zero-order chi connectivity index (χ0) is 13.8. The van der Waals surface area contributed by atoms with E-state index in [1.54, 1.807) is 14.2 Å². The summed E-state index contributed by atoms with van der Waals surface area (Å²) in [6.45, 7) is 0. The van der Waals surface area contributed by atoms with Crippen LogP contribution in [0.15, 0.2) is 42.5 Å². The number of methoxy groups -OCH3 is 2. The standard InChI is InChI=1S/C15H16INO2/c1-18-11-7-10(8-12(9-11)19-2)15(17)13-5-3-4-6-14(13)16/h3-9,15H,17H2,1-2H3. The fourth-order valence-electron chi connectivity index (χ4n) is 1.92. The molecule has 0 aromatic heterocycles. The summed E-state index contributed by atoms with van der Waals surface area (Å²) < 4.78 is 11.7. The van der Waals surface area contributed by atoms with Crippen LogP contribution in [0, 0.1) is 3.57 Å². The van der Waals surface area contributed by atoms with Crippen LogP contribution < -0.4 is 15.2 Å². The molecule has 0 spiro atoms. The van der Waals surface area contributed by atoms with Crippen molar-refractivity contribution in [3.63, 3.8) is 0 Å². The van der Waals surface area contributed by atoms with Gasteiger partial charge < -0.3 is 15.2 Å². The number of nitrogens with two attached hydrogens (primary N) is 1. The first kappa shape index (κ1) is 14.1. The average Bonchev–Trinajstić information content (AvgIpc) is 2.46. The van der Waals surface area contributed by atoms with Gasteiger partial charge in [0.15, 0.2) is 0 Å². The largest absolute Gasteiger partial charge is 0.497 e. The van der Waals surface area contributed by atoms with Crippen molar-refractivity contribution in [2.75, 3.05) is 14.2 Å². The highest BCUT2D eigenvalue weighted by atomic mass is 127. The molecule has 2 N–H and O–H groups in total. The van der Waals surface area contributed by atoms with Crippen molar-refractivity contribution in [2.24, 2.45) is 5.73 Å². The molecular weight excluding hydrogens is 353 g/mol. The van der Waals surface area contributed by atoms with Crippen LogP contribution in [0.25, 0.3) is 0 Å². The van der Waals surface area contributed by atoms with Gasteiger partial charge in [-0.25, -0.2) is 0 Å². The molecule has 0 bridgehead atoms. The zero-order valence-corrected chi connectivity index (χ0v) is 13.0. The second-order valence-corrected chi connectivity index (χ2v) is 5.31. The Balaban J connectivity index is 2.43. The van der Waals surface area contributed by atoms with Crippen molar-refractivity contribution in [2.45, 2.75) is 6.04 Å². The highest BCUT2D eigenvalue weighted by molar-refractivity contribution is 14.1. The van der Waals surface area contributed by atoms with Gasteiger partial charge in [0.05, 0.1) is 20.3 Å². The Hall–Kier alpha value is -1.27. The Kier molecular flexibility index (Phi) is 4.66. The van der Waals surface area contributed by atoms with Crippen LogP contribution in [0.1, 0.15) is 17.2 Å². The number of hydrogen-bond donors (Lipinski definition) is 1. The molecule has 100 valence electrons. The summed E-state index contributed by atoms with van der Waals surface area (Å²) in [5.74, 6) is 1.49. The monoisotopic (exact) mass is 369 g/mol. The van der Waals surface area contributed by atoms with Gasteiger partial charge >= 0.3 is 0 Å². The molecule has 0 radical (unpaired) electrons. The van der Waals surface area contributed by atoms with Crippen LogP contribution in [0.3, 0.4) is 0 Å². The summed E-state index contributed by atoms with van der Waals surface area (Å²) >= 11 is 2.30. The highest BCUT2D eigenvalue weighted by Gasteiger charge is 2.14. The molecular formula is C15H16INO2. The van der Waals surface area contributed by atoms with Gasteiger partial charge in [0, 0.05) is 9.64 Å². The fourth-order valence-corrected chi connectivity index (χ4v) is 2.64. The first-order valence-corrected chi connectivity index (χ1v) is 6.96. The van der Waals surface area contributed by atoms with Gasteiger partial charge in [0.25, 0.3) is 0 Å². The maximum atomic E-state index is 6.35. The molecule has 0 heterocycles. The van der Waals surface area contributed by atoms with Crippen molar-refractivity contribution >= 4 is 22.6 Å². The normalized spacial score (nSPS) is 12.0. The third-order valence-corrected chi connectivity index (χ3v) is 3.96. The summed E-state index contributed by atoms with van der Waals surface area (Å²) in [6, 6.07) is 13.6. The Bertz CT molecular complexity index is 550. The van der Waals surface area contributed by atoms with Gasteiger partial charge in [-0.1, -0.05) is 18.2 Å². The summed E-state index contributed by atoms with van der Waals surface area (Å²) in [5.41, 5.74) is 8.42. The van der Waals surface area contributed by atoms with Gasteiger partial charge in [0.2, 0.25) is 0 Å². The van der Waals surface area contributed by atoms with Crippen molar-refractivity contribution in [1.82, 2.24) is 0 Å². The quantitative estimate of drug-likeness (QED) is 0.841. The molecule has 0 aliphatic rings. The number of halogens is 1. The van der Waals surface area contributed by atoms with Gasteiger partial charge in [-0.15, -0.1) is 0 Å². The fraction of sp³-hybridized carbons (Fsp3) is 0.200. The van der Waals surface area contributed by atoms with Crippen LogP contribution in [0.4, 0.5) is 0 Å². The van der Waals surface area contributed by atoms with E-state index in [0.29, 0.717) is 0 Å². The molecule has 0 saturated carbocycles. The Morgan fingerprint density at radius 3 is 2.11 bits per heavy atom. The molecule has 0 fully saturated rings. The molecule has 1 atom stereocenters. The smallest absolute Gasteiger partial charge is 0.122 e. The van der Waals surface area contributed by atoms with Crippen molar-refractivity contribution < 1.29 is 9.47 Å². The van der Waals surface area contributed by atoms with E-state index in [1.165, 1.54) is 0 Å². The number of hydrogen-bond acceptors (Lipinski definition) is 3. The predicted octanol–water partition coefficient (Wildman–Crippen LogP) is 3.36. The summed E-state index contributed by atoms with van der Waals surface area (Å²) in [7, 11) is 3.27. The summed E-state index contributed by atoms with van der Waals surface area (Å²) in [4.78, 5) is 0. The highest BCUT2D eigenvalue weighted by Crippen LogP contribution is 2.30. The lowest BCUT2D eigenvalue weighted by Gasteiger charge is -2.16. The number of ether oxygens (including phenoxy) is 2. The third-order valence-electron chi connectivity index (χ3n) is 2.97. The molecule has 3 nitrogen and oxygen atoms in total. The first-order valence-electron chi connectivity index (χ1n) is 5.88. The molecule has 0 amide bonds. The minimum absolute atomic E-state index is 0.197. The molecule has 2 aromatic carbocycles. The van der Waals surface area contributed by atoms with E-state index in [9.17, 15) is 0 Å². The lowest BCUT2D eigenvalue weighted by molar-refractivity contribution is 0.393. The van der Waals surface area contributed by atoms with Gasteiger partial charge in [-0.05, 0) is 51.9 Å². The zero-order valence-electron chi connectivity index (χ0n) is 10.9. The van der Waals surface area contributed by atoms with Crippen LogP contribution in [0.2, 0.25) is 0 Å². The molecule has 0 aliphatic carbocycles. The molecule has 0 saturated heterocycles. The summed E-state index contributed by atoms with van der Waals surface area (Å²) in [6.07, 6.45) is 0. The molecule has 0 aliphatic heterocycles. The van der Waals surface area contributed by atoms with E-state index in [4.69, 9.17) is 15.2 Å². The predicted molar refractivity (Wildman–Crippen MR) is 84.7 cm³/mol. The average molecular weight is 369 g/mol. The lowest BCUT2D eigenvalue weighted by Crippen LogP contribution is -2.13. The Labute approximate surface area is 126 Å². The lowest BCUT2D eigenvalue weighted by atomic mass is 9.99. The van der Waals surface area contributed by atoms with E-state index in [1.807, 2.05) is 42.5 Å². The van der Waals surface area contributed by atoms with E-state index in [-0.39, 0.29) is 6.04 Å². The molecule has 19 heavy (non-hydrogen) atoms. The van der Waals surface area contributed by atoms with Crippen LogP contribution >= 0.6 is 22.6 Å². The van der Waals surface area contributed by atoms with Crippen LogP contribution in [-0.2, 0) is 0 Å². The van der Waals surface area contributed by atoms with Gasteiger partial charge in [-0.2, -0.15) is 0 Å². The topological polar surface area (TPSA) is 44.5 Å². The maximum absolute atomic E-state index is 6.35. The minimum Gasteiger partial charge on any atom is -0.497 e. The molecule has 1 unspecified atom stereocenters. The second kappa shape index (κ2) is 6.25. The van der Waals surface area contributed by atoms with Crippen molar-refractivity contribution in [3.05, 3.63) is 57.2 Å². The summed E-state index contributed by atoms with van der Waals surface area (Å²) in [5, 5.41) is 0. The van der Waals surface area contributed by atoms with Gasteiger partial charge in [0.1, 0.15) is 11.5 Å². The number of benzene rings is 2.